The van der Waals surface area contributed by atoms with Crippen molar-refractivity contribution < 1.29 is 4.79 Å². The Balaban J connectivity index is 2.41. The maximum absolute atomic E-state index is 10.8. The van der Waals surface area contributed by atoms with E-state index in [1.54, 1.807) is 21.0 Å². The van der Waals surface area contributed by atoms with Crippen LogP contribution in [0.5, 0.6) is 0 Å². The van der Waals surface area contributed by atoms with E-state index in [0.29, 0.717) is 34.9 Å². The van der Waals surface area contributed by atoms with E-state index in [1.807, 2.05) is 0 Å². The third-order valence-corrected chi connectivity index (χ3v) is 2.54. The highest BCUT2D eigenvalue weighted by molar-refractivity contribution is 5.81. The molecular weight excluding hydrogens is 234 g/mol. The molecule has 0 fully saturated rings. The maximum Gasteiger partial charge on any atom is 0.183 e. The highest BCUT2D eigenvalue weighted by Crippen LogP contribution is 2.28. The van der Waals surface area contributed by atoms with Gasteiger partial charge in [-0.2, -0.15) is 10.2 Å². The van der Waals surface area contributed by atoms with Gasteiger partial charge in [-0.1, -0.05) is 0 Å². The van der Waals surface area contributed by atoms with E-state index in [-0.39, 0.29) is 0 Å². The standard InChI is InChI=1S/C10H13N7O/c1-6-8(9(11)16(2)15-6)13-14-10-7(5-18)4-12-17(10)3/h4-5H,11H2,1-3H3. The predicted octanol–water partition coefficient (Wildman–Crippen LogP) is 1.27. The summed E-state index contributed by atoms with van der Waals surface area (Å²) in [7, 11) is 3.41. The quantitative estimate of drug-likeness (QED) is 0.651. The molecule has 0 unspecified atom stereocenters. The Hall–Kier alpha value is -2.51. The molecule has 2 aromatic rings. The first-order valence-electron chi connectivity index (χ1n) is 5.22. The van der Waals surface area contributed by atoms with Crippen molar-refractivity contribution in [2.75, 3.05) is 5.73 Å². The lowest BCUT2D eigenvalue weighted by Crippen LogP contribution is -1.96. The summed E-state index contributed by atoms with van der Waals surface area (Å²) < 4.78 is 2.99. The topological polar surface area (TPSA) is 103 Å². The Kier molecular flexibility index (Phi) is 2.92. The van der Waals surface area contributed by atoms with Gasteiger partial charge >= 0.3 is 0 Å². The van der Waals surface area contributed by atoms with E-state index >= 15 is 0 Å². The van der Waals surface area contributed by atoms with Gasteiger partial charge in [-0.15, -0.1) is 10.2 Å². The first-order valence-corrected chi connectivity index (χ1v) is 5.22. The van der Waals surface area contributed by atoms with Crippen molar-refractivity contribution in [3.05, 3.63) is 17.5 Å². The average Bonchev–Trinajstić information content (AvgIpc) is 2.80. The molecule has 8 heteroatoms. The van der Waals surface area contributed by atoms with Gasteiger partial charge in [0, 0.05) is 14.1 Å². The molecule has 0 aliphatic rings. The second-order valence-corrected chi connectivity index (χ2v) is 3.81. The molecule has 0 bridgehead atoms. The van der Waals surface area contributed by atoms with Crippen LogP contribution in [0.2, 0.25) is 0 Å². The van der Waals surface area contributed by atoms with Gasteiger partial charge < -0.3 is 5.73 Å². The second-order valence-electron chi connectivity index (χ2n) is 3.81. The fraction of sp³-hybridized carbons (Fsp3) is 0.300. The summed E-state index contributed by atoms with van der Waals surface area (Å²) >= 11 is 0. The molecule has 18 heavy (non-hydrogen) atoms. The predicted molar refractivity (Wildman–Crippen MR) is 65.1 cm³/mol. The van der Waals surface area contributed by atoms with E-state index in [4.69, 9.17) is 5.73 Å². The lowest BCUT2D eigenvalue weighted by molar-refractivity contribution is 0.112. The van der Waals surface area contributed by atoms with Crippen molar-refractivity contribution in [2.45, 2.75) is 6.92 Å². The zero-order chi connectivity index (χ0) is 13.3. The molecule has 0 saturated carbocycles. The van der Waals surface area contributed by atoms with Crippen molar-refractivity contribution in [3.8, 4) is 0 Å². The average molecular weight is 247 g/mol. The molecule has 0 amide bonds. The van der Waals surface area contributed by atoms with Gasteiger partial charge in [0.2, 0.25) is 0 Å². The van der Waals surface area contributed by atoms with Gasteiger partial charge in [0.25, 0.3) is 0 Å². The van der Waals surface area contributed by atoms with Gasteiger partial charge in [0.15, 0.2) is 17.8 Å². The minimum Gasteiger partial charge on any atom is -0.382 e. The second kappa shape index (κ2) is 4.40. The highest BCUT2D eigenvalue weighted by Gasteiger charge is 2.11. The fourth-order valence-corrected chi connectivity index (χ4v) is 1.54. The molecule has 0 spiro atoms. The minimum absolute atomic E-state index is 0.376. The molecule has 2 heterocycles. The molecule has 2 aromatic heterocycles. The van der Waals surface area contributed by atoms with Gasteiger partial charge in [0.05, 0.1) is 17.5 Å². The van der Waals surface area contributed by atoms with Crippen LogP contribution in [-0.4, -0.2) is 25.8 Å². The number of rotatable bonds is 3. The number of anilines is 1. The van der Waals surface area contributed by atoms with Crippen molar-refractivity contribution in [1.82, 2.24) is 19.6 Å². The number of nitrogens with zero attached hydrogens (tertiary/aromatic N) is 6. The number of aromatic nitrogens is 4. The van der Waals surface area contributed by atoms with Crippen LogP contribution >= 0.6 is 0 Å². The first kappa shape index (κ1) is 12.0. The lowest BCUT2D eigenvalue weighted by atomic mass is 10.4. The highest BCUT2D eigenvalue weighted by atomic mass is 16.1. The van der Waals surface area contributed by atoms with Crippen LogP contribution in [0, 0.1) is 6.92 Å². The number of hydrogen-bond acceptors (Lipinski definition) is 6. The van der Waals surface area contributed by atoms with E-state index in [0.717, 1.165) is 0 Å². The molecule has 0 aromatic carbocycles. The van der Waals surface area contributed by atoms with E-state index in [1.165, 1.54) is 15.6 Å². The van der Waals surface area contributed by atoms with Crippen molar-refractivity contribution in [3.63, 3.8) is 0 Å². The van der Waals surface area contributed by atoms with Crippen LogP contribution in [0.15, 0.2) is 16.4 Å². The number of nitrogen functional groups attached to an aromatic ring is 1. The molecule has 94 valence electrons. The number of carbonyl (C=O) groups excluding carboxylic acids is 1. The number of aldehydes is 1. The SMILES string of the molecule is Cc1nn(C)c(N)c1N=Nc1c(C=O)cnn1C. The zero-order valence-electron chi connectivity index (χ0n) is 10.3. The van der Waals surface area contributed by atoms with Crippen LogP contribution in [0.25, 0.3) is 0 Å². The van der Waals surface area contributed by atoms with Crippen molar-refractivity contribution >= 4 is 23.6 Å². The van der Waals surface area contributed by atoms with Crippen LogP contribution in [0.3, 0.4) is 0 Å². The summed E-state index contributed by atoms with van der Waals surface area (Å²) in [5.74, 6) is 0.804. The van der Waals surface area contributed by atoms with Crippen LogP contribution in [0.1, 0.15) is 16.1 Å². The zero-order valence-corrected chi connectivity index (χ0v) is 10.3. The van der Waals surface area contributed by atoms with Gasteiger partial charge in [-0.3, -0.25) is 9.48 Å². The van der Waals surface area contributed by atoms with Crippen LogP contribution in [-0.2, 0) is 14.1 Å². The number of carbonyl (C=O) groups is 1. The van der Waals surface area contributed by atoms with E-state index in [2.05, 4.69) is 20.4 Å². The molecule has 0 aliphatic carbocycles. The first-order chi connectivity index (χ1) is 8.54. The largest absolute Gasteiger partial charge is 0.382 e. The molecular formula is C10H13N7O. The summed E-state index contributed by atoms with van der Waals surface area (Å²) in [4.78, 5) is 10.8. The van der Waals surface area contributed by atoms with Crippen molar-refractivity contribution in [1.29, 1.82) is 0 Å². The van der Waals surface area contributed by atoms with Gasteiger partial charge in [0.1, 0.15) is 5.82 Å². The smallest absolute Gasteiger partial charge is 0.183 e. The Labute approximate surface area is 103 Å². The molecule has 2 N–H and O–H groups in total. The molecule has 2 rings (SSSR count). The third-order valence-electron chi connectivity index (χ3n) is 2.54. The minimum atomic E-state index is 0.376. The van der Waals surface area contributed by atoms with Gasteiger partial charge in [-0.25, -0.2) is 4.68 Å². The van der Waals surface area contributed by atoms with Crippen molar-refractivity contribution in [2.24, 2.45) is 24.3 Å². The Morgan fingerprint density at radius 2 is 2.06 bits per heavy atom. The van der Waals surface area contributed by atoms with Gasteiger partial charge in [-0.05, 0) is 6.92 Å². The van der Waals surface area contributed by atoms with Crippen LogP contribution < -0.4 is 5.73 Å². The summed E-state index contributed by atoms with van der Waals surface area (Å²) in [5, 5.41) is 16.1. The summed E-state index contributed by atoms with van der Waals surface area (Å²) in [6, 6.07) is 0. The third kappa shape index (κ3) is 1.88. The molecule has 0 saturated heterocycles. The Morgan fingerprint density at radius 3 is 2.61 bits per heavy atom. The molecule has 0 aliphatic heterocycles. The number of nitrogens with two attached hydrogens (primary N) is 1. The maximum atomic E-state index is 10.8. The van der Waals surface area contributed by atoms with E-state index < -0.39 is 0 Å². The normalized spacial score (nSPS) is 11.3. The number of aryl methyl sites for hydroxylation is 3. The summed E-state index contributed by atoms with van der Waals surface area (Å²) in [6.45, 7) is 1.79. The molecule has 8 nitrogen and oxygen atoms in total. The number of hydrogen-bond donors (Lipinski definition) is 1. The monoisotopic (exact) mass is 247 g/mol. The summed E-state index contributed by atoms with van der Waals surface area (Å²) in [6.07, 6.45) is 2.11. The number of azo groups is 1. The lowest BCUT2D eigenvalue weighted by Gasteiger charge is -1.95. The molecule has 0 atom stereocenters. The Morgan fingerprint density at radius 1 is 1.33 bits per heavy atom. The fourth-order valence-electron chi connectivity index (χ4n) is 1.54. The van der Waals surface area contributed by atoms with E-state index in [9.17, 15) is 4.79 Å². The molecule has 0 radical (unpaired) electrons. The Bertz CT molecular complexity index is 622. The summed E-state index contributed by atoms with van der Waals surface area (Å²) in [5.41, 5.74) is 7.35. The van der Waals surface area contributed by atoms with Crippen LogP contribution in [0.4, 0.5) is 17.3 Å².